The van der Waals surface area contributed by atoms with Gasteiger partial charge in [0.2, 0.25) is 15.9 Å². The Hall–Kier alpha value is -1.32. The minimum atomic E-state index is -3.66. The lowest BCUT2D eigenvalue weighted by atomic mass is 10.2. The van der Waals surface area contributed by atoms with Gasteiger partial charge in [-0.05, 0) is 77.5 Å². The van der Waals surface area contributed by atoms with Crippen LogP contribution in [0, 0.1) is 3.57 Å². The number of hydrogen-bond donors (Lipinski definition) is 1. The van der Waals surface area contributed by atoms with Gasteiger partial charge >= 0.3 is 0 Å². The Morgan fingerprint density at radius 1 is 1.16 bits per heavy atom. The van der Waals surface area contributed by atoms with Crippen molar-refractivity contribution in [1.82, 2.24) is 0 Å². The molecule has 0 aliphatic carbocycles. The standard InChI is InChI=1S/C17H18ClIN2O3S/c1-3-16(17(22)20-14-8-6-13(19)7-9-14)21(25(2,23)24)15-10-4-12(18)5-11-15/h4-11,16H,3H2,1-2H3,(H,20,22)/t16-/m1/s1. The Labute approximate surface area is 166 Å². The molecule has 0 saturated carbocycles. The maximum absolute atomic E-state index is 12.7. The number of amides is 1. The summed E-state index contributed by atoms with van der Waals surface area (Å²) in [5, 5.41) is 3.27. The Morgan fingerprint density at radius 3 is 2.20 bits per heavy atom. The minimum absolute atomic E-state index is 0.325. The van der Waals surface area contributed by atoms with Crippen LogP contribution in [-0.4, -0.2) is 26.6 Å². The summed E-state index contributed by atoms with van der Waals surface area (Å²) < 4.78 is 26.8. The van der Waals surface area contributed by atoms with E-state index in [2.05, 4.69) is 27.9 Å². The number of carbonyl (C=O) groups excluding carboxylic acids is 1. The summed E-state index contributed by atoms with van der Waals surface area (Å²) in [4.78, 5) is 12.7. The van der Waals surface area contributed by atoms with E-state index in [0.717, 1.165) is 14.1 Å². The SMILES string of the molecule is CC[C@H](C(=O)Nc1ccc(I)cc1)N(c1ccc(Cl)cc1)S(C)(=O)=O. The third-order valence-corrected chi connectivity index (χ3v) is 5.67. The molecule has 2 aromatic carbocycles. The summed E-state index contributed by atoms with van der Waals surface area (Å²) >= 11 is 8.05. The molecule has 5 nitrogen and oxygen atoms in total. The van der Waals surface area contributed by atoms with Crippen molar-refractivity contribution in [2.75, 3.05) is 15.9 Å². The summed E-state index contributed by atoms with van der Waals surface area (Å²) in [6.07, 6.45) is 1.41. The Bertz CT molecular complexity index is 839. The third-order valence-electron chi connectivity index (χ3n) is 3.52. The molecule has 0 spiro atoms. The van der Waals surface area contributed by atoms with Crippen LogP contribution >= 0.6 is 34.2 Å². The molecular formula is C17H18ClIN2O3S. The molecule has 1 atom stereocenters. The van der Waals surface area contributed by atoms with Crippen molar-refractivity contribution in [3.8, 4) is 0 Å². The molecule has 0 heterocycles. The second-order valence-corrected chi connectivity index (χ2v) is 9.00. The normalized spacial score (nSPS) is 12.5. The van der Waals surface area contributed by atoms with Crippen molar-refractivity contribution in [3.63, 3.8) is 0 Å². The molecule has 8 heteroatoms. The Balaban J connectivity index is 2.34. The first-order valence-corrected chi connectivity index (χ1v) is 10.8. The molecule has 2 aromatic rings. The van der Waals surface area contributed by atoms with Gasteiger partial charge in [0, 0.05) is 14.3 Å². The van der Waals surface area contributed by atoms with Crippen molar-refractivity contribution in [1.29, 1.82) is 0 Å². The second kappa shape index (κ2) is 8.37. The van der Waals surface area contributed by atoms with Crippen LogP contribution in [0.5, 0.6) is 0 Å². The molecule has 2 rings (SSSR count). The molecule has 0 aromatic heterocycles. The van der Waals surface area contributed by atoms with Gasteiger partial charge in [0.25, 0.3) is 0 Å². The van der Waals surface area contributed by atoms with Crippen molar-refractivity contribution < 1.29 is 13.2 Å². The zero-order valence-corrected chi connectivity index (χ0v) is 17.5. The second-order valence-electron chi connectivity index (χ2n) is 5.46. The van der Waals surface area contributed by atoms with Gasteiger partial charge in [0.05, 0.1) is 11.9 Å². The van der Waals surface area contributed by atoms with Crippen LogP contribution in [-0.2, 0) is 14.8 Å². The number of nitrogens with zero attached hydrogens (tertiary/aromatic N) is 1. The van der Waals surface area contributed by atoms with E-state index in [0.29, 0.717) is 22.8 Å². The Morgan fingerprint density at radius 2 is 1.72 bits per heavy atom. The highest BCUT2D eigenvalue weighted by atomic mass is 127. The third kappa shape index (κ3) is 5.32. The van der Waals surface area contributed by atoms with E-state index in [4.69, 9.17) is 11.6 Å². The smallest absolute Gasteiger partial charge is 0.248 e. The van der Waals surface area contributed by atoms with Gasteiger partial charge in [-0.1, -0.05) is 18.5 Å². The van der Waals surface area contributed by atoms with Crippen LogP contribution in [0.15, 0.2) is 48.5 Å². The molecule has 1 amide bonds. The van der Waals surface area contributed by atoms with E-state index in [-0.39, 0.29) is 5.91 Å². The van der Waals surface area contributed by atoms with E-state index in [9.17, 15) is 13.2 Å². The average Bonchev–Trinajstić information content (AvgIpc) is 2.54. The first-order chi connectivity index (χ1) is 11.7. The monoisotopic (exact) mass is 492 g/mol. The molecule has 134 valence electrons. The number of sulfonamides is 1. The lowest BCUT2D eigenvalue weighted by molar-refractivity contribution is -0.117. The summed E-state index contributed by atoms with van der Waals surface area (Å²) in [7, 11) is -3.66. The Kier molecular flexibility index (Phi) is 6.70. The van der Waals surface area contributed by atoms with Crippen LogP contribution in [0.25, 0.3) is 0 Å². The van der Waals surface area contributed by atoms with Crippen LogP contribution in [0.3, 0.4) is 0 Å². The highest BCUT2D eigenvalue weighted by molar-refractivity contribution is 14.1. The van der Waals surface area contributed by atoms with E-state index < -0.39 is 16.1 Å². The molecular weight excluding hydrogens is 475 g/mol. The molecule has 0 radical (unpaired) electrons. The molecule has 0 aliphatic rings. The number of hydrogen-bond acceptors (Lipinski definition) is 3. The van der Waals surface area contributed by atoms with E-state index in [1.165, 1.54) is 0 Å². The number of halogens is 2. The average molecular weight is 493 g/mol. The first kappa shape index (κ1) is 20.0. The molecule has 0 unspecified atom stereocenters. The topological polar surface area (TPSA) is 66.5 Å². The number of benzene rings is 2. The van der Waals surface area contributed by atoms with Gasteiger partial charge in [0.1, 0.15) is 6.04 Å². The summed E-state index contributed by atoms with van der Waals surface area (Å²) in [6, 6.07) is 12.8. The minimum Gasteiger partial charge on any atom is -0.324 e. The van der Waals surface area contributed by atoms with Crippen LogP contribution in [0.2, 0.25) is 5.02 Å². The van der Waals surface area contributed by atoms with E-state index in [1.807, 2.05) is 12.1 Å². The fourth-order valence-corrected chi connectivity index (χ4v) is 4.10. The molecule has 0 fully saturated rings. The molecule has 0 bridgehead atoms. The van der Waals surface area contributed by atoms with E-state index >= 15 is 0 Å². The van der Waals surface area contributed by atoms with E-state index in [1.54, 1.807) is 43.3 Å². The predicted molar refractivity (Wildman–Crippen MR) is 111 cm³/mol. The van der Waals surface area contributed by atoms with Crippen molar-refractivity contribution in [2.45, 2.75) is 19.4 Å². The quantitative estimate of drug-likeness (QED) is 0.617. The first-order valence-electron chi connectivity index (χ1n) is 7.53. The highest BCUT2D eigenvalue weighted by Gasteiger charge is 2.31. The number of nitrogens with one attached hydrogen (secondary N) is 1. The van der Waals surface area contributed by atoms with Gasteiger partial charge in [-0.15, -0.1) is 0 Å². The zero-order chi connectivity index (χ0) is 18.6. The zero-order valence-electron chi connectivity index (χ0n) is 13.7. The van der Waals surface area contributed by atoms with Crippen LogP contribution in [0.4, 0.5) is 11.4 Å². The molecule has 0 saturated heterocycles. The fraction of sp³-hybridized carbons (Fsp3) is 0.235. The summed E-state index contributed by atoms with van der Waals surface area (Å²) in [6.45, 7) is 1.77. The van der Waals surface area contributed by atoms with Crippen molar-refractivity contribution in [3.05, 3.63) is 57.1 Å². The summed E-state index contributed by atoms with van der Waals surface area (Å²) in [5.41, 5.74) is 1.02. The highest BCUT2D eigenvalue weighted by Crippen LogP contribution is 2.25. The van der Waals surface area contributed by atoms with Gasteiger partial charge in [-0.25, -0.2) is 8.42 Å². The van der Waals surface area contributed by atoms with Gasteiger partial charge in [0.15, 0.2) is 0 Å². The van der Waals surface area contributed by atoms with Gasteiger partial charge in [-0.3, -0.25) is 9.10 Å². The maximum atomic E-state index is 12.7. The van der Waals surface area contributed by atoms with Gasteiger partial charge < -0.3 is 5.32 Å². The van der Waals surface area contributed by atoms with Crippen molar-refractivity contribution in [2.24, 2.45) is 0 Å². The largest absolute Gasteiger partial charge is 0.324 e. The van der Waals surface area contributed by atoms with Gasteiger partial charge in [-0.2, -0.15) is 0 Å². The lowest BCUT2D eigenvalue weighted by Gasteiger charge is -2.30. The lowest BCUT2D eigenvalue weighted by Crippen LogP contribution is -2.46. The number of rotatable bonds is 6. The fourth-order valence-electron chi connectivity index (χ4n) is 2.41. The number of carbonyl (C=O) groups is 1. The summed E-state index contributed by atoms with van der Waals surface area (Å²) in [5.74, 6) is -0.385. The van der Waals surface area contributed by atoms with Crippen LogP contribution < -0.4 is 9.62 Å². The predicted octanol–water partition coefficient (Wildman–Crippen LogP) is 4.13. The molecule has 1 N–H and O–H groups in total. The molecule has 25 heavy (non-hydrogen) atoms. The molecule has 0 aliphatic heterocycles. The van der Waals surface area contributed by atoms with Crippen LogP contribution in [0.1, 0.15) is 13.3 Å². The van der Waals surface area contributed by atoms with Crippen molar-refractivity contribution >= 4 is 61.5 Å². The number of anilines is 2. The maximum Gasteiger partial charge on any atom is 0.248 e.